The molecule has 32 heavy (non-hydrogen) atoms. The summed E-state index contributed by atoms with van der Waals surface area (Å²) in [5, 5.41) is 14.1. The first-order chi connectivity index (χ1) is 15.3. The Labute approximate surface area is 179 Å². The van der Waals surface area contributed by atoms with Crippen molar-refractivity contribution in [2.45, 2.75) is 13.5 Å². The van der Waals surface area contributed by atoms with Crippen molar-refractivity contribution in [3.63, 3.8) is 0 Å². The summed E-state index contributed by atoms with van der Waals surface area (Å²) in [5.74, 6) is -1.52. The van der Waals surface area contributed by atoms with Crippen LogP contribution in [-0.2, 0) is 20.9 Å². The minimum absolute atomic E-state index is 0.0141. The summed E-state index contributed by atoms with van der Waals surface area (Å²) in [4.78, 5) is 51.4. The molecule has 0 saturated heterocycles. The van der Waals surface area contributed by atoms with E-state index in [0.717, 1.165) is 4.57 Å². The highest BCUT2D eigenvalue weighted by Gasteiger charge is 2.16. The molecule has 0 aliphatic heterocycles. The number of aryl methyl sites for hydroxylation is 1. The van der Waals surface area contributed by atoms with Crippen LogP contribution >= 0.6 is 0 Å². The van der Waals surface area contributed by atoms with E-state index in [1.165, 1.54) is 24.5 Å². The molecule has 162 valence electrons. The second-order valence-electron chi connectivity index (χ2n) is 6.92. The van der Waals surface area contributed by atoms with E-state index in [1.807, 2.05) is 0 Å². The first-order valence-corrected chi connectivity index (χ1v) is 9.40. The normalized spacial score (nSPS) is 10.9. The van der Waals surface area contributed by atoms with Gasteiger partial charge in [-0.15, -0.1) is 0 Å². The number of fused-ring (bicyclic) bond motifs is 3. The number of aromatic nitrogens is 2. The topological polar surface area (TPSA) is 147 Å². The molecule has 0 aliphatic carbocycles. The molecule has 0 radical (unpaired) electrons. The van der Waals surface area contributed by atoms with Crippen LogP contribution in [0.5, 0.6) is 0 Å². The van der Waals surface area contributed by atoms with Gasteiger partial charge in [0.25, 0.3) is 17.2 Å². The summed E-state index contributed by atoms with van der Waals surface area (Å²) in [5.41, 5.74) is 0.841. The maximum atomic E-state index is 12.6. The van der Waals surface area contributed by atoms with Gasteiger partial charge in [-0.2, -0.15) is 0 Å². The third-order valence-electron chi connectivity index (χ3n) is 4.70. The van der Waals surface area contributed by atoms with Crippen molar-refractivity contribution in [1.29, 1.82) is 0 Å². The Hall–Kier alpha value is -4.54. The average molecular weight is 436 g/mol. The van der Waals surface area contributed by atoms with Crippen LogP contribution in [0, 0.1) is 17.0 Å². The highest BCUT2D eigenvalue weighted by molar-refractivity contribution is 6.01. The Morgan fingerprint density at radius 2 is 2.03 bits per heavy atom. The van der Waals surface area contributed by atoms with E-state index in [1.54, 1.807) is 31.2 Å². The third-order valence-corrected chi connectivity index (χ3v) is 4.70. The van der Waals surface area contributed by atoms with Crippen molar-refractivity contribution in [3.05, 3.63) is 74.8 Å². The van der Waals surface area contributed by atoms with E-state index < -0.39 is 35.5 Å². The Morgan fingerprint density at radius 1 is 1.25 bits per heavy atom. The molecule has 0 unspecified atom stereocenters. The van der Waals surface area contributed by atoms with Gasteiger partial charge in [0.15, 0.2) is 6.61 Å². The molecule has 0 bridgehead atoms. The number of benzene rings is 2. The van der Waals surface area contributed by atoms with Gasteiger partial charge >= 0.3 is 5.97 Å². The maximum absolute atomic E-state index is 12.6. The van der Waals surface area contributed by atoms with Crippen molar-refractivity contribution >= 4 is 45.3 Å². The molecule has 0 spiro atoms. The van der Waals surface area contributed by atoms with E-state index in [0.29, 0.717) is 22.0 Å². The lowest BCUT2D eigenvalue weighted by molar-refractivity contribution is -0.385. The first-order valence-electron chi connectivity index (χ1n) is 9.40. The molecule has 0 saturated carbocycles. The number of hydrogen-bond acceptors (Lipinski definition) is 8. The number of para-hydroxylation sites is 1. The molecule has 2 heterocycles. The van der Waals surface area contributed by atoms with Crippen molar-refractivity contribution in [2.24, 2.45) is 0 Å². The van der Waals surface area contributed by atoms with Gasteiger partial charge in [0, 0.05) is 22.7 Å². The number of nitrogens with one attached hydrogen (secondary N) is 1. The predicted molar refractivity (Wildman–Crippen MR) is 113 cm³/mol. The molecule has 4 rings (SSSR count). The SMILES string of the molecule is Cc1ccc(NC(=O)COC(=O)Cn2cnc3c(oc4ccccc43)c2=O)cc1[N+](=O)[O-]. The number of ether oxygens (including phenoxy) is 1. The van der Waals surface area contributed by atoms with E-state index in [2.05, 4.69) is 10.3 Å². The van der Waals surface area contributed by atoms with Crippen molar-refractivity contribution in [1.82, 2.24) is 9.55 Å². The van der Waals surface area contributed by atoms with E-state index in [-0.39, 0.29) is 17.0 Å². The van der Waals surface area contributed by atoms with Gasteiger partial charge in [0.05, 0.1) is 11.3 Å². The molecular weight excluding hydrogens is 420 g/mol. The second-order valence-corrected chi connectivity index (χ2v) is 6.92. The summed E-state index contributed by atoms with van der Waals surface area (Å²) in [6.45, 7) is 0.475. The lowest BCUT2D eigenvalue weighted by Crippen LogP contribution is -2.27. The lowest BCUT2D eigenvalue weighted by Gasteiger charge is -2.08. The zero-order valence-electron chi connectivity index (χ0n) is 16.7. The molecule has 4 aromatic rings. The van der Waals surface area contributed by atoms with Gasteiger partial charge in [0.1, 0.15) is 17.6 Å². The molecular formula is C21H16N4O7. The molecule has 0 atom stereocenters. The second kappa shape index (κ2) is 8.30. The van der Waals surface area contributed by atoms with Crippen LogP contribution in [-0.4, -0.2) is 33.0 Å². The monoisotopic (exact) mass is 436 g/mol. The van der Waals surface area contributed by atoms with Crippen molar-refractivity contribution < 1.29 is 23.7 Å². The van der Waals surface area contributed by atoms with Gasteiger partial charge in [-0.3, -0.25) is 29.1 Å². The number of carbonyl (C=O) groups is 2. The van der Waals surface area contributed by atoms with Gasteiger partial charge in [0.2, 0.25) is 5.58 Å². The Morgan fingerprint density at radius 3 is 2.81 bits per heavy atom. The quantitative estimate of drug-likeness (QED) is 0.276. The first kappa shape index (κ1) is 20.7. The van der Waals surface area contributed by atoms with E-state index in [9.17, 15) is 24.5 Å². The number of rotatable bonds is 6. The molecule has 1 amide bonds. The molecule has 0 aliphatic rings. The van der Waals surface area contributed by atoms with Crippen LogP contribution in [0.3, 0.4) is 0 Å². The summed E-state index contributed by atoms with van der Waals surface area (Å²) < 4.78 is 11.5. The third kappa shape index (κ3) is 4.03. The number of nitro benzene ring substituents is 1. The van der Waals surface area contributed by atoms with Crippen LogP contribution in [0.1, 0.15) is 5.56 Å². The largest absolute Gasteiger partial charge is 0.454 e. The number of anilines is 1. The maximum Gasteiger partial charge on any atom is 0.326 e. The minimum Gasteiger partial charge on any atom is -0.454 e. The number of nitrogens with zero attached hydrogens (tertiary/aromatic N) is 3. The molecule has 11 heteroatoms. The fourth-order valence-electron chi connectivity index (χ4n) is 3.14. The van der Waals surface area contributed by atoms with Crippen LogP contribution in [0.4, 0.5) is 11.4 Å². The number of esters is 1. The van der Waals surface area contributed by atoms with Crippen LogP contribution in [0.25, 0.3) is 22.1 Å². The molecule has 1 N–H and O–H groups in total. The highest BCUT2D eigenvalue weighted by atomic mass is 16.6. The molecule has 2 aromatic heterocycles. The van der Waals surface area contributed by atoms with Crippen LogP contribution < -0.4 is 10.9 Å². The van der Waals surface area contributed by atoms with E-state index >= 15 is 0 Å². The molecule has 11 nitrogen and oxygen atoms in total. The van der Waals surface area contributed by atoms with Gasteiger partial charge in [-0.05, 0) is 25.1 Å². The molecule has 2 aromatic carbocycles. The Balaban J connectivity index is 1.40. The smallest absolute Gasteiger partial charge is 0.326 e. The number of amides is 1. The lowest BCUT2D eigenvalue weighted by atomic mass is 10.2. The van der Waals surface area contributed by atoms with Gasteiger partial charge in [-0.1, -0.05) is 18.2 Å². The van der Waals surface area contributed by atoms with Gasteiger partial charge in [-0.25, -0.2) is 4.98 Å². The average Bonchev–Trinajstić information content (AvgIpc) is 3.15. The van der Waals surface area contributed by atoms with Crippen molar-refractivity contribution in [2.75, 3.05) is 11.9 Å². The fraction of sp³-hybridized carbons (Fsp3) is 0.143. The highest BCUT2D eigenvalue weighted by Crippen LogP contribution is 2.24. The Bertz CT molecular complexity index is 1440. The summed E-state index contributed by atoms with van der Waals surface area (Å²) in [6.07, 6.45) is 1.21. The summed E-state index contributed by atoms with van der Waals surface area (Å²) in [6, 6.07) is 11.2. The minimum atomic E-state index is -0.839. The zero-order valence-corrected chi connectivity index (χ0v) is 16.7. The number of hydrogen-bond donors (Lipinski definition) is 1. The van der Waals surface area contributed by atoms with Crippen molar-refractivity contribution in [3.8, 4) is 0 Å². The van der Waals surface area contributed by atoms with Crippen LogP contribution in [0.15, 0.2) is 58.0 Å². The van der Waals surface area contributed by atoms with Gasteiger partial charge < -0.3 is 14.5 Å². The summed E-state index contributed by atoms with van der Waals surface area (Å²) >= 11 is 0. The number of carbonyl (C=O) groups excluding carboxylic acids is 2. The Kier molecular flexibility index (Phi) is 5.37. The zero-order chi connectivity index (χ0) is 22.8. The standard InChI is InChI=1S/C21H16N4O7/c1-12-6-7-13(8-15(12)25(29)30)23-17(26)10-31-18(27)9-24-11-22-19-14-4-2-3-5-16(14)32-20(19)21(24)28/h2-8,11H,9-10H2,1H3,(H,23,26). The van der Waals surface area contributed by atoms with Crippen LogP contribution in [0.2, 0.25) is 0 Å². The summed E-state index contributed by atoms with van der Waals surface area (Å²) in [7, 11) is 0. The number of nitro groups is 1. The molecule has 0 fully saturated rings. The predicted octanol–water partition coefficient (Wildman–Crippen LogP) is 2.54. The fourth-order valence-corrected chi connectivity index (χ4v) is 3.14. The van der Waals surface area contributed by atoms with E-state index in [4.69, 9.17) is 9.15 Å². The number of furan rings is 1.